The van der Waals surface area contributed by atoms with Crippen LogP contribution in [0, 0.1) is 12.3 Å². The van der Waals surface area contributed by atoms with Crippen molar-refractivity contribution in [1.82, 2.24) is 0 Å². The summed E-state index contributed by atoms with van der Waals surface area (Å²) in [5.41, 5.74) is -0.497. The second kappa shape index (κ2) is 4.92. The van der Waals surface area contributed by atoms with Crippen LogP contribution in [0.4, 0.5) is 0 Å². The van der Waals surface area contributed by atoms with Gasteiger partial charge in [-0.1, -0.05) is 5.92 Å². The van der Waals surface area contributed by atoms with E-state index in [0.29, 0.717) is 13.0 Å². The van der Waals surface area contributed by atoms with Gasteiger partial charge in [0.1, 0.15) is 11.9 Å². The first-order valence-corrected chi connectivity index (χ1v) is 3.68. The fourth-order valence-corrected chi connectivity index (χ4v) is 0.536. The maximum Gasteiger partial charge on any atom is 0.122 e. The van der Waals surface area contributed by atoms with E-state index in [0.717, 1.165) is 12.7 Å². The molecular formula is C9H14O2. The van der Waals surface area contributed by atoms with E-state index in [-0.39, 0.29) is 0 Å². The van der Waals surface area contributed by atoms with Gasteiger partial charge in [0, 0.05) is 13.0 Å². The van der Waals surface area contributed by atoms with Gasteiger partial charge in [0.2, 0.25) is 0 Å². The van der Waals surface area contributed by atoms with Gasteiger partial charge in [0.05, 0.1) is 0 Å². The zero-order valence-electron chi connectivity index (χ0n) is 7.09. The van der Waals surface area contributed by atoms with Crippen molar-refractivity contribution in [2.45, 2.75) is 32.3 Å². The highest BCUT2D eigenvalue weighted by molar-refractivity contribution is 5.48. The van der Waals surface area contributed by atoms with E-state index in [2.05, 4.69) is 5.92 Å². The maximum absolute atomic E-state index is 9.90. The average molecular weight is 154 g/mol. The summed E-state index contributed by atoms with van der Waals surface area (Å²) in [6.07, 6.45) is 7.34. The summed E-state index contributed by atoms with van der Waals surface area (Å²) in [5.74, 6) is 2.51. The lowest BCUT2D eigenvalue weighted by Gasteiger charge is -2.17. The first-order valence-electron chi connectivity index (χ1n) is 3.68. The number of hydrogen-bond donors (Lipinski definition) is 0. The predicted molar refractivity (Wildman–Crippen MR) is 44.2 cm³/mol. The minimum absolute atomic E-state index is 0.497. The number of carbonyl (C=O) groups is 1. The smallest absolute Gasteiger partial charge is 0.122 e. The van der Waals surface area contributed by atoms with Gasteiger partial charge >= 0.3 is 0 Å². The minimum atomic E-state index is -0.497. The van der Waals surface area contributed by atoms with Crippen LogP contribution in [0.3, 0.4) is 0 Å². The summed E-state index contributed by atoms with van der Waals surface area (Å²) in [6.45, 7) is 4.21. The van der Waals surface area contributed by atoms with Gasteiger partial charge in [-0.3, -0.25) is 0 Å². The summed E-state index contributed by atoms with van der Waals surface area (Å²) in [4.78, 5) is 9.90. The van der Waals surface area contributed by atoms with Gasteiger partial charge in [-0.2, -0.15) is 0 Å². The third kappa shape index (κ3) is 5.63. The van der Waals surface area contributed by atoms with Crippen LogP contribution in [0.1, 0.15) is 26.7 Å². The Morgan fingerprint density at radius 2 is 2.27 bits per heavy atom. The molecule has 0 heterocycles. The van der Waals surface area contributed by atoms with Crippen LogP contribution >= 0.6 is 0 Å². The van der Waals surface area contributed by atoms with E-state index in [1.807, 2.05) is 13.8 Å². The zero-order chi connectivity index (χ0) is 8.74. The van der Waals surface area contributed by atoms with E-state index < -0.39 is 5.60 Å². The molecule has 0 N–H and O–H groups in total. The SMILES string of the molecule is C#CC(C)(C)OCCCC=O. The number of ether oxygens (including phenoxy) is 1. The Kier molecular flexibility index (Phi) is 4.56. The number of terminal acetylenes is 1. The van der Waals surface area contributed by atoms with Crippen molar-refractivity contribution in [1.29, 1.82) is 0 Å². The summed E-state index contributed by atoms with van der Waals surface area (Å²) in [6, 6.07) is 0. The first kappa shape index (κ1) is 10.2. The minimum Gasteiger partial charge on any atom is -0.363 e. The summed E-state index contributed by atoms with van der Waals surface area (Å²) >= 11 is 0. The topological polar surface area (TPSA) is 26.3 Å². The maximum atomic E-state index is 9.90. The molecule has 0 aromatic heterocycles. The molecule has 0 bridgehead atoms. The van der Waals surface area contributed by atoms with Gasteiger partial charge in [-0.05, 0) is 20.3 Å². The molecule has 0 saturated heterocycles. The summed E-state index contributed by atoms with van der Waals surface area (Å²) in [5, 5.41) is 0. The first-order chi connectivity index (χ1) is 5.12. The second-order valence-electron chi connectivity index (χ2n) is 2.81. The highest BCUT2D eigenvalue weighted by atomic mass is 16.5. The molecule has 0 spiro atoms. The summed E-state index contributed by atoms with van der Waals surface area (Å²) in [7, 11) is 0. The third-order valence-corrected chi connectivity index (χ3v) is 1.28. The fourth-order valence-electron chi connectivity index (χ4n) is 0.536. The van der Waals surface area contributed by atoms with Crippen molar-refractivity contribution < 1.29 is 9.53 Å². The molecule has 11 heavy (non-hydrogen) atoms. The van der Waals surface area contributed by atoms with Gasteiger partial charge in [0.25, 0.3) is 0 Å². The molecule has 0 aliphatic heterocycles. The van der Waals surface area contributed by atoms with Crippen molar-refractivity contribution in [3.8, 4) is 12.3 Å². The molecule has 0 rings (SSSR count). The van der Waals surface area contributed by atoms with Gasteiger partial charge in [-0.25, -0.2) is 0 Å². The second-order valence-corrected chi connectivity index (χ2v) is 2.81. The molecule has 0 fully saturated rings. The third-order valence-electron chi connectivity index (χ3n) is 1.28. The number of aldehydes is 1. The van der Waals surface area contributed by atoms with Crippen LogP contribution in [0.15, 0.2) is 0 Å². The zero-order valence-corrected chi connectivity index (χ0v) is 7.09. The Morgan fingerprint density at radius 3 is 2.73 bits per heavy atom. The van der Waals surface area contributed by atoms with E-state index in [1.54, 1.807) is 0 Å². The van der Waals surface area contributed by atoms with Crippen molar-refractivity contribution in [3.05, 3.63) is 0 Å². The molecule has 0 aliphatic rings. The molecule has 62 valence electrons. The van der Waals surface area contributed by atoms with Crippen LogP contribution in [-0.4, -0.2) is 18.5 Å². The highest BCUT2D eigenvalue weighted by Crippen LogP contribution is 2.07. The van der Waals surface area contributed by atoms with E-state index in [1.165, 1.54) is 0 Å². The van der Waals surface area contributed by atoms with Crippen LogP contribution in [0.25, 0.3) is 0 Å². The molecule has 0 aromatic rings. The van der Waals surface area contributed by atoms with Crippen molar-refractivity contribution in [2.24, 2.45) is 0 Å². The van der Waals surface area contributed by atoms with Crippen LogP contribution in [0.2, 0.25) is 0 Å². The number of carbonyl (C=O) groups excluding carboxylic acids is 1. The normalized spacial score (nSPS) is 10.6. The molecule has 0 radical (unpaired) electrons. The van der Waals surface area contributed by atoms with Gasteiger partial charge < -0.3 is 9.53 Å². The molecule has 0 unspecified atom stereocenters. The molecule has 0 aromatic carbocycles. The van der Waals surface area contributed by atoms with Crippen molar-refractivity contribution in [2.75, 3.05) is 6.61 Å². The predicted octanol–water partition coefficient (Wildman–Crippen LogP) is 1.39. The highest BCUT2D eigenvalue weighted by Gasteiger charge is 2.12. The van der Waals surface area contributed by atoms with Crippen LogP contribution in [0.5, 0.6) is 0 Å². The standard InChI is InChI=1S/C9H14O2/c1-4-9(2,3)11-8-6-5-7-10/h1,7H,5-6,8H2,2-3H3. The van der Waals surface area contributed by atoms with E-state index in [9.17, 15) is 4.79 Å². The Labute approximate surface area is 67.9 Å². The average Bonchev–Trinajstić information content (AvgIpc) is 1.99. The fraction of sp³-hybridized carbons (Fsp3) is 0.667. The molecule has 0 saturated carbocycles. The van der Waals surface area contributed by atoms with Crippen LogP contribution < -0.4 is 0 Å². The summed E-state index contributed by atoms with van der Waals surface area (Å²) < 4.78 is 5.29. The molecule has 2 heteroatoms. The lowest BCUT2D eigenvalue weighted by atomic mass is 10.1. The molecule has 2 nitrogen and oxygen atoms in total. The lowest BCUT2D eigenvalue weighted by Crippen LogP contribution is -2.22. The Hall–Kier alpha value is -0.810. The monoisotopic (exact) mass is 154 g/mol. The number of rotatable bonds is 5. The van der Waals surface area contributed by atoms with E-state index in [4.69, 9.17) is 11.2 Å². The number of unbranched alkanes of at least 4 members (excludes halogenated alkanes) is 1. The molecule has 0 atom stereocenters. The Morgan fingerprint density at radius 1 is 1.64 bits per heavy atom. The molecule has 0 amide bonds. The van der Waals surface area contributed by atoms with Gasteiger partial charge in [0.15, 0.2) is 0 Å². The molecular weight excluding hydrogens is 140 g/mol. The quantitative estimate of drug-likeness (QED) is 0.340. The van der Waals surface area contributed by atoms with Crippen molar-refractivity contribution in [3.63, 3.8) is 0 Å². The van der Waals surface area contributed by atoms with Gasteiger partial charge in [-0.15, -0.1) is 6.42 Å². The molecule has 0 aliphatic carbocycles. The number of hydrogen-bond acceptors (Lipinski definition) is 2. The largest absolute Gasteiger partial charge is 0.363 e. The van der Waals surface area contributed by atoms with E-state index >= 15 is 0 Å². The van der Waals surface area contributed by atoms with Crippen LogP contribution in [-0.2, 0) is 9.53 Å². The Bertz CT molecular complexity index is 153. The van der Waals surface area contributed by atoms with Crippen molar-refractivity contribution >= 4 is 6.29 Å². The Balaban J connectivity index is 3.39. The lowest BCUT2D eigenvalue weighted by molar-refractivity contribution is -0.108.